The molecule has 0 unspecified atom stereocenters. The molecule has 0 aromatic carbocycles. The molecular weight excluding hydrogens is 222 g/mol. The van der Waals surface area contributed by atoms with E-state index in [1.807, 2.05) is 0 Å². The number of methoxy groups -OCH3 is 1. The van der Waals surface area contributed by atoms with Gasteiger partial charge in [-0.25, -0.2) is 14.8 Å². The zero-order valence-corrected chi connectivity index (χ0v) is 8.83. The molecule has 6 nitrogen and oxygen atoms in total. The average Bonchev–Trinajstić information content (AvgIpc) is 2.14. The number of nitrogens with zero attached hydrogens (tertiary/aromatic N) is 2. The van der Waals surface area contributed by atoms with Crippen molar-refractivity contribution >= 4 is 29.3 Å². The Hall–Kier alpha value is -1.69. The molecule has 0 aliphatic heterocycles. The highest BCUT2D eigenvalue weighted by Gasteiger charge is 2.11. The first-order valence-electron chi connectivity index (χ1n) is 3.93. The summed E-state index contributed by atoms with van der Waals surface area (Å²) in [5.74, 6) is -0.811. The first-order chi connectivity index (χ1) is 7.02. The summed E-state index contributed by atoms with van der Waals surface area (Å²) in [5, 5.41) is 2.25. The van der Waals surface area contributed by atoms with Gasteiger partial charge in [0, 0.05) is 13.0 Å². The van der Waals surface area contributed by atoms with E-state index in [0.717, 1.165) is 0 Å². The Morgan fingerprint density at radius 1 is 1.47 bits per heavy atom. The van der Waals surface area contributed by atoms with Gasteiger partial charge in [-0.3, -0.25) is 4.79 Å². The molecular formula is C8H8ClN3O3. The Bertz CT molecular complexity index is 408. The number of carbonyl (C=O) groups is 2. The molecule has 1 aromatic heterocycles. The first kappa shape index (κ1) is 11.4. The van der Waals surface area contributed by atoms with Crippen molar-refractivity contribution in [3.63, 3.8) is 0 Å². The van der Waals surface area contributed by atoms with Gasteiger partial charge in [0.15, 0.2) is 5.69 Å². The van der Waals surface area contributed by atoms with Crippen molar-refractivity contribution < 1.29 is 14.3 Å². The Morgan fingerprint density at radius 3 is 2.67 bits per heavy atom. The van der Waals surface area contributed by atoms with Crippen LogP contribution >= 0.6 is 11.6 Å². The molecule has 0 saturated heterocycles. The number of carbonyl (C=O) groups excluding carboxylic acids is 2. The second-order valence-corrected chi connectivity index (χ2v) is 2.92. The number of amides is 1. The highest BCUT2D eigenvalue weighted by Crippen LogP contribution is 2.11. The zero-order chi connectivity index (χ0) is 11.4. The fraction of sp³-hybridized carbons (Fsp3) is 0.250. The van der Waals surface area contributed by atoms with Gasteiger partial charge in [-0.1, -0.05) is 0 Å². The van der Waals surface area contributed by atoms with E-state index < -0.39 is 5.97 Å². The van der Waals surface area contributed by atoms with E-state index in [-0.39, 0.29) is 22.7 Å². The standard InChI is InChI=1S/C8H8ClN3O3/c1-4(13)10-6-3-5(7(14)15-2)11-8(9)12-6/h3H,1-2H3,(H,10,11,12,13). The molecule has 0 fully saturated rings. The summed E-state index contributed by atoms with van der Waals surface area (Å²) in [5.41, 5.74) is -0.0127. The number of nitrogens with one attached hydrogen (secondary N) is 1. The van der Waals surface area contributed by atoms with E-state index in [4.69, 9.17) is 11.6 Å². The second kappa shape index (κ2) is 4.70. The Morgan fingerprint density at radius 2 is 2.13 bits per heavy atom. The van der Waals surface area contributed by atoms with Gasteiger partial charge in [0.1, 0.15) is 5.82 Å². The van der Waals surface area contributed by atoms with Crippen LogP contribution in [0.3, 0.4) is 0 Å². The maximum Gasteiger partial charge on any atom is 0.356 e. The Kier molecular flexibility index (Phi) is 3.56. The van der Waals surface area contributed by atoms with Crippen LogP contribution in [-0.2, 0) is 9.53 Å². The third-order valence-corrected chi connectivity index (χ3v) is 1.57. The van der Waals surface area contributed by atoms with Crippen LogP contribution in [0.15, 0.2) is 6.07 Å². The molecule has 1 rings (SSSR count). The normalized spacial score (nSPS) is 9.53. The van der Waals surface area contributed by atoms with E-state index in [0.29, 0.717) is 0 Å². The van der Waals surface area contributed by atoms with Crippen molar-refractivity contribution in [2.24, 2.45) is 0 Å². The van der Waals surface area contributed by atoms with Crippen LogP contribution < -0.4 is 5.32 Å². The van der Waals surface area contributed by atoms with Gasteiger partial charge in [0.05, 0.1) is 7.11 Å². The summed E-state index contributed by atoms with van der Waals surface area (Å²) < 4.78 is 4.45. The molecule has 1 amide bonds. The summed E-state index contributed by atoms with van der Waals surface area (Å²) in [6, 6.07) is 1.28. The van der Waals surface area contributed by atoms with Gasteiger partial charge in [-0.15, -0.1) is 0 Å². The van der Waals surface area contributed by atoms with Crippen molar-refractivity contribution in [2.45, 2.75) is 6.92 Å². The number of hydrogen-bond acceptors (Lipinski definition) is 5. The molecule has 0 atom stereocenters. The van der Waals surface area contributed by atoms with E-state index in [9.17, 15) is 9.59 Å². The molecule has 7 heteroatoms. The second-order valence-electron chi connectivity index (χ2n) is 2.58. The molecule has 0 aliphatic rings. The van der Waals surface area contributed by atoms with Crippen molar-refractivity contribution in [1.82, 2.24) is 9.97 Å². The lowest BCUT2D eigenvalue weighted by atomic mass is 10.4. The molecule has 1 heterocycles. The van der Waals surface area contributed by atoms with Gasteiger partial charge >= 0.3 is 5.97 Å². The third-order valence-electron chi connectivity index (χ3n) is 1.40. The van der Waals surface area contributed by atoms with Crippen LogP contribution in [0.1, 0.15) is 17.4 Å². The summed E-state index contributed by atoms with van der Waals surface area (Å²) >= 11 is 5.55. The van der Waals surface area contributed by atoms with E-state index in [2.05, 4.69) is 20.0 Å². The van der Waals surface area contributed by atoms with Crippen LogP contribution in [0, 0.1) is 0 Å². The van der Waals surface area contributed by atoms with Crippen molar-refractivity contribution in [1.29, 1.82) is 0 Å². The third kappa shape index (κ3) is 3.17. The minimum absolute atomic E-state index is 0.0127. The fourth-order valence-corrected chi connectivity index (χ4v) is 1.05. The number of rotatable bonds is 2. The van der Waals surface area contributed by atoms with Gasteiger partial charge in [-0.05, 0) is 11.6 Å². The van der Waals surface area contributed by atoms with Crippen molar-refractivity contribution in [3.05, 3.63) is 17.0 Å². The Balaban J connectivity index is 3.04. The van der Waals surface area contributed by atoms with Gasteiger partial charge in [-0.2, -0.15) is 0 Å². The molecule has 1 aromatic rings. The smallest absolute Gasteiger partial charge is 0.356 e. The quantitative estimate of drug-likeness (QED) is 0.601. The molecule has 0 bridgehead atoms. The topological polar surface area (TPSA) is 81.2 Å². The molecule has 0 aliphatic carbocycles. The van der Waals surface area contributed by atoms with Crippen LogP contribution in [0.4, 0.5) is 5.82 Å². The summed E-state index contributed by atoms with van der Waals surface area (Å²) in [7, 11) is 1.22. The number of esters is 1. The predicted octanol–water partition coefficient (Wildman–Crippen LogP) is 0.875. The number of anilines is 1. The predicted molar refractivity (Wildman–Crippen MR) is 52.7 cm³/mol. The lowest BCUT2D eigenvalue weighted by molar-refractivity contribution is -0.114. The lowest BCUT2D eigenvalue weighted by Crippen LogP contribution is -2.11. The number of aromatic nitrogens is 2. The summed E-state index contributed by atoms with van der Waals surface area (Å²) in [6.45, 7) is 1.31. The number of halogens is 1. The molecule has 1 N–H and O–H groups in total. The van der Waals surface area contributed by atoms with Crippen LogP contribution in [0.2, 0.25) is 5.28 Å². The molecule has 0 saturated carbocycles. The molecule has 15 heavy (non-hydrogen) atoms. The van der Waals surface area contributed by atoms with Crippen LogP contribution in [0.25, 0.3) is 0 Å². The zero-order valence-electron chi connectivity index (χ0n) is 8.07. The summed E-state index contributed by atoms with van der Waals surface area (Å²) in [4.78, 5) is 29.2. The number of ether oxygens (including phenoxy) is 1. The van der Waals surface area contributed by atoms with E-state index >= 15 is 0 Å². The van der Waals surface area contributed by atoms with E-state index in [1.54, 1.807) is 0 Å². The molecule has 80 valence electrons. The first-order valence-corrected chi connectivity index (χ1v) is 4.31. The van der Waals surface area contributed by atoms with E-state index in [1.165, 1.54) is 20.1 Å². The maximum absolute atomic E-state index is 11.1. The largest absolute Gasteiger partial charge is 0.464 e. The molecule has 0 radical (unpaired) electrons. The van der Waals surface area contributed by atoms with Gasteiger partial charge in [0.2, 0.25) is 11.2 Å². The highest BCUT2D eigenvalue weighted by atomic mass is 35.5. The van der Waals surface area contributed by atoms with Crippen molar-refractivity contribution in [2.75, 3.05) is 12.4 Å². The monoisotopic (exact) mass is 229 g/mol. The minimum atomic E-state index is -0.647. The summed E-state index contributed by atoms with van der Waals surface area (Å²) in [6.07, 6.45) is 0. The SMILES string of the molecule is COC(=O)c1cc(NC(C)=O)nc(Cl)n1. The van der Waals surface area contributed by atoms with Gasteiger partial charge in [0.25, 0.3) is 0 Å². The van der Waals surface area contributed by atoms with Crippen LogP contribution in [-0.4, -0.2) is 29.0 Å². The Labute approximate surface area is 90.6 Å². The highest BCUT2D eigenvalue weighted by molar-refractivity contribution is 6.28. The fourth-order valence-electron chi connectivity index (χ4n) is 0.871. The van der Waals surface area contributed by atoms with Crippen molar-refractivity contribution in [3.8, 4) is 0 Å². The lowest BCUT2D eigenvalue weighted by Gasteiger charge is -2.03. The number of hydrogen-bond donors (Lipinski definition) is 1. The molecule has 0 spiro atoms. The maximum atomic E-state index is 11.1. The van der Waals surface area contributed by atoms with Crippen LogP contribution in [0.5, 0.6) is 0 Å². The van der Waals surface area contributed by atoms with Gasteiger partial charge < -0.3 is 10.1 Å². The average molecular weight is 230 g/mol. The minimum Gasteiger partial charge on any atom is -0.464 e.